The van der Waals surface area contributed by atoms with Crippen LogP contribution in [0.4, 0.5) is 4.79 Å². The van der Waals surface area contributed by atoms with Crippen LogP contribution in [-0.2, 0) is 17.7 Å². The highest BCUT2D eigenvalue weighted by molar-refractivity contribution is 5.94. The number of amides is 2. The second kappa shape index (κ2) is 10.2. The molecular formula is C27H38N4O3. The summed E-state index contributed by atoms with van der Waals surface area (Å²) in [6.07, 6.45) is 5.87. The van der Waals surface area contributed by atoms with Crippen molar-refractivity contribution in [3.05, 3.63) is 41.7 Å². The van der Waals surface area contributed by atoms with Gasteiger partial charge in [-0.2, -0.15) is 0 Å². The zero-order valence-corrected chi connectivity index (χ0v) is 21.0. The van der Waals surface area contributed by atoms with Crippen molar-refractivity contribution in [3.63, 3.8) is 0 Å². The number of rotatable bonds is 4. The van der Waals surface area contributed by atoms with Crippen LogP contribution in [0.2, 0.25) is 0 Å². The van der Waals surface area contributed by atoms with Crippen LogP contribution in [0.15, 0.2) is 30.3 Å². The van der Waals surface area contributed by atoms with Gasteiger partial charge < -0.3 is 19.1 Å². The number of likely N-dealkylation sites (tertiary alicyclic amines) is 1. The maximum Gasteiger partial charge on any atom is 0.410 e. The fourth-order valence-corrected chi connectivity index (χ4v) is 5.05. The van der Waals surface area contributed by atoms with Crippen molar-refractivity contribution < 1.29 is 14.3 Å². The molecule has 2 aliphatic rings. The van der Waals surface area contributed by atoms with Crippen LogP contribution in [-0.4, -0.2) is 63.6 Å². The standard InChI is InChI=1S/C27H38N4O3/c1-27(2,3)34-26(33)29(4)18-20-12-11-16-30(19-20)25(32)23-22-15-9-6-10-17-31(22)24(28-23)21-13-7-5-8-14-21/h5,7-8,13-14,20H,6,9-12,15-19H2,1-4H3. The van der Waals surface area contributed by atoms with Gasteiger partial charge in [-0.1, -0.05) is 36.8 Å². The van der Waals surface area contributed by atoms with E-state index in [9.17, 15) is 9.59 Å². The second-order valence-corrected chi connectivity index (χ2v) is 10.7. The third kappa shape index (κ3) is 5.62. The minimum atomic E-state index is -0.519. The molecule has 0 bridgehead atoms. The van der Waals surface area contributed by atoms with Gasteiger partial charge in [0.05, 0.1) is 5.69 Å². The molecule has 0 radical (unpaired) electrons. The van der Waals surface area contributed by atoms with Gasteiger partial charge in [0.1, 0.15) is 17.1 Å². The van der Waals surface area contributed by atoms with Gasteiger partial charge in [-0.15, -0.1) is 0 Å². The lowest BCUT2D eigenvalue weighted by molar-refractivity contribution is 0.0244. The molecule has 1 atom stereocenters. The first-order valence-corrected chi connectivity index (χ1v) is 12.6. The van der Waals surface area contributed by atoms with Gasteiger partial charge in [0, 0.05) is 38.8 Å². The molecule has 0 saturated carbocycles. The Morgan fingerprint density at radius 1 is 1.09 bits per heavy atom. The number of hydrogen-bond acceptors (Lipinski definition) is 4. The van der Waals surface area contributed by atoms with E-state index in [0.717, 1.165) is 62.3 Å². The maximum atomic E-state index is 13.7. The summed E-state index contributed by atoms with van der Waals surface area (Å²) in [4.78, 5) is 34.6. The Labute approximate surface area is 203 Å². The monoisotopic (exact) mass is 466 g/mol. The second-order valence-electron chi connectivity index (χ2n) is 10.7. The largest absolute Gasteiger partial charge is 0.444 e. The van der Waals surface area contributed by atoms with Crippen molar-refractivity contribution in [3.8, 4) is 11.4 Å². The molecule has 2 aromatic rings. The van der Waals surface area contributed by atoms with E-state index in [1.807, 2.05) is 43.9 Å². The lowest BCUT2D eigenvalue weighted by Gasteiger charge is -2.35. The van der Waals surface area contributed by atoms with Crippen molar-refractivity contribution in [1.82, 2.24) is 19.4 Å². The van der Waals surface area contributed by atoms with Crippen LogP contribution in [0.3, 0.4) is 0 Å². The molecule has 184 valence electrons. The first-order valence-electron chi connectivity index (χ1n) is 12.6. The first-order chi connectivity index (χ1) is 16.2. The van der Waals surface area contributed by atoms with E-state index in [0.29, 0.717) is 18.8 Å². The summed E-state index contributed by atoms with van der Waals surface area (Å²) in [6, 6.07) is 10.2. The number of carbonyl (C=O) groups excluding carboxylic acids is 2. The third-order valence-corrected chi connectivity index (χ3v) is 6.65. The van der Waals surface area contributed by atoms with Crippen LogP contribution in [0.5, 0.6) is 0 Å². The maximum absolute atomic E-state index is 13.7. The van der Waals surface area contributed by atoms with Gasteiger partial charge in [-0.25, -0.2) is 9.78 Å². The van der Waals surface area contributed by atoms with E-state index in [4.69, 9.17) is 9.72 Å². The molecule has 7 nitrogen and oxygen atoms in total. The zero-order chi connectivity index (χ0) is 24.3. The fourth-order valence-electron chi connectivity index (χ4n) is 5.05. The number of ether oxygens (including phenoxy) is 1. The summed E-state index contributed by atoms with van der Waals surface area (Å²) in [7, 11) is 1.77. The summed E-state index contributed by atoms with van der Waals surface area (Å²) in [5, 5.41) is 0. The number of carbonyl (C=O) groups is 2. The van der Waals surface area contributed by atoms with E-state index in [1.165, 1.54) is 6.42 Å². The number of benzene rings is 1. The molecule has 0 N–H and O–H groups in total. The minimum Gasteiger partial charge on any atom is -0.444 e. The summed E-state index contributed by atoms with van der Waals surface area (Å²) in [5.74, 6) is 1.15. The SMILES string of the molecule is CN(CC1CCCN(C(=O)c2nc(-c3ccccc3)n3c2CCCCC3)C1)C(=O)OC(C)(C)C. The highest BCUT2D eigenvalue weighted by atomic mass is 16.6. The van der Waals surface area contributed by atoms with E-state index in [2.05, 4.69) is 16.7 Å². The normalized spacial score (nSPS) is 18.7. The molecule has 3 heterocycles. The predicted octanol–water partition coefficient (Wildman–Crippen LogP) is 5.00. The highest BCUT2D eigenvalue weighted by Crippen LogP contribution is 2.29. The Bertz CT molecular complexity index is 1010. The number of hydrogen-bond donors (Lipinski definition) is 0. The quantitative estimate of drug-likeness (QED) is 0.636. The number of piperidine rings is 1. The molecule has 1 saturated heterocycles. The summed E-state index contributed by atoms with van der Waals surface area (Å²) < 4.78 is 7.77. The van der Waals surface area contributed by atoms with E-state index in [1.54, 1.807) is 11.9 Å². The molecule has 2 aliphatic heterocycles. The summed E-state index contributed by atoms with van der Waals surface area (Å²) >= 11 is 0. The Kier molecular flexibility index (Phi) is 7.29. The molecule has 1 unspecified atom stereocenters. The first kappa shape index (κ1) is 24.3. The molecule has 0 aliphatic carbocycles. The van der Waals surface area contributed by atoms with Crippen molar-refractivity contribution in [2.24, 2.45) is 5.92 Å². The number of imidazole rings is 1. The van der Waals surface area contributed by atoms with E-state index >= 15 is 0 Å². The average molecular weight is 467 g/mol. The van der Waals surface area contributed by atoms with Gasteiger partial charge >= 0.3 is 6.09 Å². The molecule has 4 rings (SSSR count). The predicted molar refractivity (Wildman–Crippen MR) is 133 cm³/mol. The van der Waals surface area contributed by atoms with Crippen LogP contribution < -0.4 is 0 Å². The molecular weight excluding hydrogens is 428 g/mol. The van der Waals surface area contributed by atoms with Crippen molar-refractivity contribution in [2.75, 3.05) is 26.7 Å². The van der Waals surface area contributed by atoms with Crippen LogP contribution in [0.25, 0.3) is 11.4 Å². The summed E-state index contributed by atoms with van der Waals surface area (Å²) in [5.41, 5.74) is 2.23. The van der Waals surface area contributed by atoms with Gasteiger partial charge in [-0.3, -0.25) is 4.79 Å². The minimum absolute atomic E-state index is 0.0254. The summed E-state index contributed by atoms with van der Waals surface area (Å²) in [6.45, 7) is 8.47. The van der Waals surface area contributed by atoms with Crippen molar-refractivity contribution >= 4 is 12.0 Å². The smallest absolute Gasteiger partial charge is 0.410 e. The Balaban J connectivity index is 1.51. The number of nitrogens with zero attached hydrogens (tertiary/aromatic N) is 4. The Hall–Kier alpha value is -2.83. The zero-order valence-electron chi connectivity index (χ0n) is 21.0. The van der Waals surface area contributed by atoms with Gasteiger partial charge in [0.2, 0.25) is 0 Å². The van der Waals surface area contributed by atoms with Gasteiger partial charge in [0.15, 0.2) is 0 Å². The molecule has 7 heteroatoms. The molecule has 1 aromatic carbocycles. The van der Waals surface area contributed by atoms with Crippen LogP contribution in [0, 0.1) is 5.92 Å². The van der Waals surface area contributed by atoms with Gasteiger partial charge in [-0.05, 0) is 58.8 Å². The van der Waals surface area contributed by atoms with Crippen LogP contribution >= 0.6 is 0 Å². The van der Waals surface area contributed by atoms with Crippen molar-refractivity contribution in [2.45, 2.75) is 71.4 Å². The third-order valence-electron chi connectivity index (χ3n) is 6.65. The van der Waals surface area contributed by atoms with E-state index < -0.39 is 5.60 Å². The Morgan fingerprint density at radius 2 is 1.85 bits per heavy atom. The molecule has 1 fully saturated rings. The Morgan fingerprint density at radius 3 is 2.59 bits per heavy atom. The number of aromatic nitrogens is 2. The topological polar surface area (TPSA) is 67.7 Å². The average Bonchev–Trinajstić information content (AvgIpc) is 2.99. The van der Waals surface area contributed by atoms with Crippen molar-refractivity contribution in [1.29, 1.82) is 0 Å². The highest BCUT2D eigenvalue weighted by Gasteiger charge is 2.31. The van der Waals surface area contributed by atoms with E-state index in [-0.39, 0.29) is 17.9 Å². The molecule has 34 heavy (non-hydrogen) atoms. The molecule has 2 amide bonds. The molecule has 1 aromatic heterocycles. The molecule has 0 spiro atoms. The number of fused-ring (bicyclic) bond motifs is 1. The van der Waals surface area contributed by atoms with Crippen LogP contribution in [0.1, 0.15) is 69.1 Å². The fraction of sp³-hybridized carbons (Fsp3) is 0.593. The van der Waals surface area contributed by atoms with Gasteiger partial charge in [0.25, 0.3) is 5.91 Å². The lowest BCUT2D eigenvalue weighted by atomic mass is 9.97. The lowest BCUT2D eigenvalue weighted by Crippen LogP contribution is -2.45.